The molecule has 0 radical (unpaired) electrons. The van der Waals surface area contributed by atoms with Crippen molar-refractivity contribution in [2.75, 3.05) is 7.11 Å². The molecule has 1 aliphatic carbocycles. The molecule has 122 valence electrons. The van der Waals surface area contributed by atoms with Crippen LogP contribution in [0.15, 0.2) is 35.5 Å². The van der Waals surface area contributed by atoms with Crippen LogP contribution in [-0.2, 0) is 11.3 Å². The molecule has 1 aromatic heterocycles. The van der Waals surface area contributed by atoms with Gasteiger partial charge in [-0.1, -0.05) is 0 Å². The molecule has 23 heavy (non-hydrogen) atoms. The fourth-order valence-electron chi connectivity index (χ4n) is 2.27. The van der Waals surface area contributed by atoms with Crippen molar-refractivity contribution in [3.05, 3.63) is 36.4 Å². The summed E-state index contributed by atoms with van der Waals surface area (Å²) in [5.41, 5.74) is 0. The molecular formula is C16H20N4O2S. The van der Waals surface area contributed by atoms with Crippen molar-refractivity contribution in [3.8, 4) is 5.75 Å². The second-order valence-electron chi connectivity index (χ2n) is 5.54. The number of nitrogens with one attached hydrogen (secondary N) is 1. The van der Waals surface area contributed by atoms with E-state index < -0.39 is 0 Å². The first kappa shape index (κ1) is 15.9. The number of hydrogen-bond acceptors (Lipinski definition) is 5. The molecule has 0 aliphatic heterocycles. The zero-order valence-electron chi connectivity index (χ0n) is 13.2. The number of aromatic nitrogens is 3. The van der Waals surface area contributed by atoms with Crippen LogP contribution in [-0.4, -0.2) is 33.0 Å². The molecular weight excluding hydrogens is 312 g/mol. The van der Waals surface area contributed by atoms with Crippen LogP contribution in [0.2, 0.25) is 0 Å². The second kappa shape index (κ2) is 7.04. The van der Waals surface area contributed by atoms with Gasteiger partial charge in [-0.3, -0.25) is 4.79 Å². The van der Waals surface area contributed by atoms with E-state index in [-0.39, 0.29) is 11.2 Å². The Balaban J connectivity index is 1.51. The average molecular weight is 332 g/mol. The van der Waals surface area contributed by atoms with Crippen molar-refractivity contribution in [3.63, 3.8) is 0 Å². The number of thioether (sulfide) groups is 1. The van der Waals surface area contributed by atoms with Gasteiger partial charge in [0.05, 0.1) is 18.9 Å². The monoisotopic (exact) mass is 332 g/mol. The summed E-state index contributed by atoms with van der Waals surface area (Å²) in [6.45, 7) is 2.32. The number of methoxy groups -OCH3 is 1. The molecule has 1 N–H and O–H groups in total. The normalized spacial score (nSPS) is 15.2. The number of hydrogen-bond donors (Lipinski definition) is 1. The standard InChI is InChI=1S/C16H20N4O2S/c1-11(23-14-7-5-13(22-2)6-8-14)16(21)17-9-15-19-18-10-20(15)12-3-4-12/h5-8,10-12H,3-4,9H2,1-2H3,(H,17,21)/t11-/m1/s1. The van der Waals surface area contributed by atoms with Crippen molar-refractivity contribution < 1.29 is 9.53 Å². The van der Waals surface area contributed by atoms with Gasteiger partial charge in [0.15, 0.2) is 5.82 Å². The van der Waals surface area contributed by atoms with Gasteiger partial charge in [0.25, 0.3) is 0 Å². The van der Waals surface area contributed by atoms with Gasteiger partial charge in [-0.2, -0.15) is 0 Å². The van der Waals surface area contributed by atoms with E-state index >= 15 is 0 Å². The van der Waals surface area contributed by atoms with Gasteiger partial charge in [-0.25, -0.2) is 0 Å². The first-order valence-electron chi connectivity index (χ1n) is 7.64. The van der Waals surface area contributed by atoms with E-state index in [9.17, 15) is 4.79 Å². The minimum Gasteiger partial charge on any atom is -0.497 e. The molecule has 3 rings (SSSR count). The predicted octanol–water partition coefficient (Wildman–Crippen LogP) is 2.42. The number of ether oxygens (including phenoxy) is 1. The second-order valence-corrected chi connectivity index (χ2v) is 6.95. The maximum absolute atomic E-state index is 12.2. The maximum atomic E-state index is 12.2. The van der Waals surface area contributed by atoms with Gasteiger partial charge in [-0.15, -0.1) is 22.0 Å². The lowest BCUT2D eigenvalue weighted by atomic mass is 10.3. The number of amides is 1. The third kappa shape index (κ3) is 4.04. The quantitative estimate of drug-likeness (QED) is 0.789. The lowest BCUT2D eigenvalue weighted by Crippen LogP contribution is -2.31. The number of nitrogens with zero attached hydrogens (tertiary/aromatic N) is 3. The maximum Gasteiger partial charge on any atom is 0.233 e. The number of carbonyl (C=O) groups excluding carboxylic acids is 1. The molecule has 6 nitrogen and oxygen atoms in total. The third-order valence-corrected chi connectivity index (χ3v) is 4.86. The highest BCUT2D eigenvalue weighted by atomic mass is 32.2. The molecule has 1 aromatic carbocycles. The molecule has 1 amide bonds. The van der Waals surface area contributed by atoms with Crippen LogP contribution in [0, 0.1) is 0 Å². The van der Waals surface area contributed by atoms with Crippen LogP contribution in [0.1, 0.15) is 31.6 Å². The summed E-state index contributed by atoms with van der Waals surface area (Å²) in [6, 6.07) is 8.22. The van der Waals surface area contributed by atoms with E-state index in [1.165, 1.54) is 24.6 Å². The van der Waals surface area contributed by atoms with Crippen molar-refractivity contribution in [2.45, 2.75) is 42.5 Å². The smallest absolute Gasteiger partial charge is 0.233 e. The minimum atomic E-state index is -0.180. The fourth-order valence-corrected chi connectivity index (χ4v) is 3.16. The molecule has 0 bridgehead atoms. The Hall–Kier alpha value is -2.02. The van der Waals surface area contributed by atoms with Gasteiger partial charge >= 0.3 is 0 Å². The first-order chi connectivity index (χ1) is 11.2. The number of rotatable bonds is 7. The summed E-state index contributed by atoms with van der Waals surface area (Å²) in [5.74, 6) is 1.63. The average Bonchev–Trinajstić information content (AvgIpc) is 3.31. The van der Waals surface area contributed by atoms with Gasteiger partial charge in [0.2, 0.25) is 5.91 Å². The summed E-state index contributed by atoms with van der Waals surface area (Å²) in [5, 5.41) is 10.8. The molecule has 1 atom stereocenters. The molecule has 2 aromatic rings. The Morgan fingerprint density at radius 3 is 2.83 bits per heavy atom. The van der Waals surface area contributed by atoms with Gasteiger partial charge in [0.1, 0.15) is 12.1 Å². The first-order valence-corrected chi connectivity index (χ1v) is 8.52. The zero-order valence-corrected chi connectivity index (χ0v) is 14.0. The summed E-state index contributed by atoms with van der Waals surface area (Å²) in [6.07, 6.45) is 4.08. The highest BCUT2D eigenvalue weighted by Gasteiger charge is 2.26. The SMILES string of the molecule is COc1ccc(S[C@H](C)C(=O)NCc2nncn2C2CC2)cc1. The Kier molecular flexibility index (Phi) is 4.85. The number of carbonyl (C=O) groups is 1. The Morgan fingerprint density at radius 1 is 1.43 bits per heavy atom. The molecule has 1 heterocycles. The van der Waals surface area contributed by atoms with Crippen LogP contribution in [0.25, 0.3) is 0 Å². The van der Waals surface area contributed by atoms with E-state index in [4.69, 9.17) is 4.74 Å². The summed E-state index contributed by atoms with van der Waals surface area (Å²) in [4.78, 5) is 13.3. The van der Waals surface area contributed by atoms with E-state index in [0.29, 0.717) is 12.6 Å². The van der Waals surface area contributed by atoms with Crippen LogP contribution >= 0.6 is 11.8 Å². The summed E-state index contributed by atoms with van der Waals surface area (Å²) >= 11 is 1.52. The number of benzene rings is 1. The van der Waals surface area contributed by atoms with Crippen LogP contribution in [0.4, 0.5) is 0 Å². The van der Waals surface area contributed by atoms with Gasteiger partial charge in [0, 0.05) is 10.9 Å². The van der Waals surface area contributed by atoms with Crippen LogP contribution < -0.4 is 10.1 Å². The minimum absolute atomic E-state index is 0.00355. The van der Waals surface area contributed by atoms with Crippen molar-refractivity contribution in [2.24, 2.45) is 0 Å². The van der Waals surface area contributed by atoms with E-state index in [1.807, 2.05) is 31.2 Å². The molecule has 0 saturated heterocycles. The van der Waals surface area contributed by atoms with E-state index in [1.54, 1.807) is 13.4 Å². The van der Waals surface area contributed by atoms with E-state index in [2.05, 4.69) is 20.1 Å². The topological polar surface area (TPSA) is 69.0 Å². The van der Waals surface area contributed by atoms with Gasteiger partial charge < -0.3 is 14.6 Å². The zero-order chi connectivity index (χ0) is 16.2. The molecule has 0 unspecified atom stereocenters. The van der Waals surface area contributed by atoms with Crippen molar-refractivity contribution in [1.29, 1.82) is 0 Å². The lowest BCUT2D eigenvalue weighted by molar-refractivity contribution is -0.120. The Bertz CT molecular complexity index is 667. The predicted molar refractivity (Wildman–Crippen MR) is 88.5 cm³/mol. The van der Waals surface area contributed by atoms with E-state index in [0.717, 1.165) is 16.5 Å². The Labute approximate surface area is 139 Å². The van der Waals surface area contributed by atoms with Crippen molar-refractivity contribution in [1.82, 2.24) is 20.1 Å². The molecule has 1 saturated carbocycles. The highest BCUT2D eigenvalue weighted by molar-refractivity contribution is 8.00. The van der Waals surface area contributed by atoms with Gasteiger partial charge in [-0.05, 0) is 44.0 Å². The molecule has 1 fully saturated rings. The molecule has 1 aliphatic rings. The van der Waals surface area contributed by atoms with Crippen LogP contribution in [0.3, 0.4) is 0 Å². The highest BCUT2D eigenvalue weighted by Crippen LogP contribution is 2.35. The third-order valence-electron chi connectivity index (χ3n) is 3.75. The largest absolute Gasteiger partial charge is 0.497 e. The van der Waals surface area contributed by atoms with Crippen LogP contribution in [0.5, 0.6) is 5.75 Å². The molecule has 0 spiro atoms. The lowest BCUT2D eigenvalue weighted by Gasteiger charge is -2.12. The summed E-state index contributed by atoms with van der Waals surface area (Å²) in [7, 11) is 1.64. The van der Waals surface area contributed by atoms with Crippen molar-refractivity contribution >= 4 is 17.7 Å². The fraction of sp³-hybridized carbons (Fsp3) is 0.438. The Morgan fingerprint density at radius 2 is 2.17 bits per heavy atom. The molecule has 7 heteroatoms. The summed E-state index contributed by atoms with van der Waals surface area (Å²) < 4.78 is 7.19.